The van der Waals surface area contributed by atoms with E-state index in [-0.39, 0.29) is 46.7 Å². The van der Waals surface area contributed by atoms with Crippen LogP contribution in [0.2, 0.25) is 0 Å². The van der Waals surface area contributed by atoms with Crippen LogP contribution in [0.5, 0.6) is 17.2 Å². The van der Waals surface area contributed by atoms with E-state index in [1.807, 2.05) is 0 Å². The summed E-state index contributed by atoms with van der Waals surface area (Å²) < 4.78 is 10.5. The normalized spacial score (nSPS) is 18.3. The van der Waals surface area contributed by atoms with Crippen molar-refractivity contribution in [2.45, 2.75) is 38.5 Å². The molecule has 1 amide bonds. The maximum atomic E-state index is 13.4. The van der Waals surface area contributed by atoms with Gasteiger partial charge in [0.05, 0.1) is 19.1 Å². The molecule has 9 heteroatoms. The number of hydrogen-bond acceptors (Lipinski definition) is 7. The van der Waals surface area contributed by atoms with Crippen LogP contribution in [-0.4, -0.2) is 35.9 Å². The number of allylic oxidation sites excluding steroid dienone is 2. The van der Waals surface area contributed by atoms with Crippen LogP contribution in [0, 0.1) is 17.0 Å². The Hall–Kier alpha value is -3.88. The fourth-order valence-electron chi connectivity index (χ4n) is 4.64. The first-order chi connectivity index (χ1) is 15.8. The summed E-state index contributed by atoms with van der Waals surface area (Å²) in [5.41, 5.74) is 2.23. The third-order valence-corrected chi connectivity index (χ3v) is 6.15. The molecule has 0 saturated carbocycles. The highest BCUT2D eigenvalue weighted by Crippen LogP contribution is 2.48. The van der Waals surface area contributed by atoms with Gasteiger partial charge in [0.1, 0.15) is 5.69 Å². The molecular weight excluding hydrogens is 428 g/mol. The van der Waals surface area contributed by atoms with Gasteiger partial charge in [0.25, 0.3) is 5.69 Å². The molecule has 0 saturated heterocycles. The molecule has 0 spiro atoms. The monoisotopic (exact) mass is 452 g/mol. The molecule has 0 bridgehead atoms. The van der Waals surface area contributed by atoms with E-state index in [0.29, 0.717) is 41.7 Å². The molecule has 1 atom stereocenters. The number of ether oxygens (including phenoxy) is 2. The van der Waals surface area contributed by atoms with Crippen molar-refractivity contribution in [1.29, 1.82) is 0 Å². The topological polar surface area (TPSA) is 119 Å². The van der Waals surface area contributed by atoms with Gasteiger partial charge in [-0.2, -0.15) is 0 Å². The third-order valence-electron chi connectivity index (χ3n) is 6.15. The SMILES string of the molecule is COc1cc(C2CC(=O)N(c3ccc(C)cc3[N+](=O)[O-])C3=C2C(=O)CCC3)cc(OC)c1O. The van der Waals surface area contributed by atoms with Crippen molar-refractivity contribution < 1.29 is 29.1 Å². The van der Waals surface area contributed by atoms with Crippen LogP contribution in [0.25, 0.3) is 0 Å². The van der Waals surface area contributed by atoms with Crippen molar-refractivity contribution in [3.8, 4) is 17.2 Å². The van der Waals surface area contributed by atoms with Crippen LogP contribution >= 0.6 is 0 Å². The van der Waals surface area contributed by atoms with E-state index in [1.54, 1.807) is 31.2 Å². The van der Waals surface area contributed by atoms with Gasteiger partial charge in [-0.25, -0.2) is 0 Å². The Kier molecular flexibility index (Phi) is 5.80. The first-order valence-electron chi connectivity index (χ1n) is 10.6. The number of nitro groups is 1. The molecule has 2 aromatic carbocycles. The van der Waals surface area contributed by atoms with Crippen LogP contribution in [0.1, 0.15) is 42.7 Å². The number of amides is 1. The number of benzene rings is 2. The number of Topliss-reactive ketones (excluding diaryl/α,β-unsaturated/α-hetero) is 1. The lowest BCUT2D eigenvalue weighted by Crippen LogP contribution is -2.40. The van der Waals surface area contributed by atoms with Crippen LogP contribution in [0.15, 0.2) is 41.6 Å². The van der Waals surface area contributed by atoms with Gasteiger partial charge in [-0.3, -0.25) is 24.6 Å². The Morgan fingerprint density at radius 3 is 2.36 bits per heavy atom. The van der Waals surface area contributed by atoms with Gasteiger partial charge in [0.15, 0.2) is 17.3 Å². The smallest absolute Gasteiger partial charge is 0.293 e. The van der Waals surface area contributed by atoms with Crippen molar-refractivity contribution in [1.82, 2.24) is 0 Å². The Morgan fingerprint density at radius 2 is 1.76 bits per heavy atom. The third kappa shape index (κ3) is 3.79. The molecule has 0 aromatic heterocycles. The zero-order valence-corrected chi connectivity index (χ0v) is 18.6. The van der Waals surface area contributed by atoms with E-state index >= 15 is 0 Å². The molecule has 4 rings (SSSR count). The minimum Gasteiger partial charge on any atom is -0.502 e. The number of aromatic hydroxyl groups is 1. The summed E-state index contributed by atoms with van der Waals surface area (Å²) in [5, 5.41) is 22.0. The molecule has 1 heterocycles. The standard InChI is InChI=1S/C24H24N2O7/c1-13-7-8-16(18(9-13)26(30)31)25-17-5-4-6-19(27)23(17)15(12-22(25)28)14-10-20(32-2)24(29)21(11-14)33-3/h7-11,15,29H,4-6,12H2,1-3H3. The van der Waals surface area contributed by atoms with Crippen molar-refractivity contribution in [3.05, 3.63) is 62.8 Å². The molecule has 1 aliphatic carbocycles. The van der Waals surface area contributed by atoms with E-state index in [0.717, 1.165) is 0 Å². The zero-order valence-electron chi connectivity index (χ0n) is 18.6. The summed E-state index contributed by atoms with van der Waals surface area (Å²) in [6, 6.07) is 7.87. The fraction of sp³-hybridized carbons (Fsp3) is 0.333. The quantitative estimate of drug-likeness (QED) is 0.534. The van der Waals surface area contributed by atoms with Gasteiger partial charge in [-0.1, -0.05) is 6.07 Å². The molecule has 1 N–H and O–H groups in total. The lowest BCUT2D eigenvalue weighted by Gasteiger charge is -2.38. The Morgan fingerprint density at radius 1 is 1.09 bits per heavy atom. The van der Waals surface area contributed by atoms with Gasteiger partial charge in [0.2, 0.25) is 11.7 Å². The molecule has 0 radical (unpaired) electrons. The molecule has 0 fully saturated rings. The summed E-state index contributed by atoms with van der Waals surface area (Å²) in [7, 11) is 2.80. The van der Waals surface area contributed by atoms with E-state index in [1.165, 1.54) is 25.2 Å². The summed E-state index contributed by atoms with van der Waals surface area (Å²) in [5.74, 6) is -0.861. The number of nitrogens with zero attached hydrogens (tertiary/aromatic N) is 2. The summed E-state index contributed by atoms with van der Waals surface area (Å²) in [6.07, 6.45) is 1.27. The van der Waals surface area contributed by atoms with Crippen molar-refractivity contribution in [2.24, 2.45) is 0 Å². The Balaban J connectivity index is 1.92. The molecule has 2 aromatic rings. The van der Waals surface area contributed by atoms with Crippen molar-refractivity contribution >= 4 is 23.1 Å². The average molecular weight is 452 g/mol. The average Bonchev–Trinajstić information content (AvgIpc) is 2.79. The van der Waals surface area contributed by atoms with E-state index in [2.05, 4.69) is 0 Å². The molecule has 33 heavy (non-hydrogen) atoms. The number of carbonyl (C=O) groups is 2. The number of anilines is 1. The van der Waals surface area contributed by atoms with Gasteiger partial charge in [-0.15, -0.1) is 0 Å². The predicted octanol–water partition coefficient (Wildman–Crippen LogP) is 4.15. The summed E-state index contributed by atoms with van der Waals surface area (Å²) >= 11 is 0. The van der Waals surface area contributed by atoms with Crippen LogP contribution in [0.4, 0.5) is 11.4 Å². The summed E-state index contributed by atoms with van der Waals surface area (Å²) in [6.45, 7) is 1.74. The van der Waals surface area contributed by atoms with E-state index in [9.17, 15) is 24.8 Å². The second-order valence-electron chi connectivity index (χ2n) is 8.15. The number of hydrogen-bond donors (Lipinski definition) is 1. The highest BCUT2D eigenvalue weighted by molar-refractivity contribution is 6.08. The molecular formula is C24H24N2O7. The Labute approximate surface area is 190 Å². The number of rotatable bonds is 5. The first-order valence-corrected chi connectivity index (χ1v) is 10.6. The van der Waals surface area contributed by atoms with Gasteiger partial charge >= 0.3 is 0 Å². The number of carbonyl (C=O) groups excluding carboxylic acids is 2. The van der Waals surface area contributed by atoms with Crippen LogP contribution < -0.4 is 14.4 Å². The minimum atomic E-state index is -0.579. The highest BCUT2D eigenvalue weighted by atomic mass is 16.6. The van der Waals surface area contributed by atoms with Gasteiger partial charge in [-0.05, 0) is 49.1 Å². The molecule has 172 valence electrons. The predicted molar refractivity (Wildman–Crippen MR) is 120 cm³/mol. The number of methoxy groups -OCH3 is 2. The molecule has 2 aliphatic rings. The zero-order chi connectivity index (χ0) is 23.9. The maximum Gasteiger partial charge on any atom is 0.293 e. The van der Waals surface area contributed by atoms with Crippen LogP contribution in [0.3, 0.4) is 0 Å². The highest BCUT2D eigenvalue weighted by Gasteiger charge is 2.42. The number of phenolic OH excluding ortho intramolecular Hbond substituents is 1. The van der Waals surface area contributed by atoms with E-state index < -0.39 is 10.8 Å². The van der Waals surface area contributed by atoms with Crippen LogP contribution in [-0.2, 0) is 9.59 Å². The second-order valence-corrected chi connectivity index (χ2v) is 8.15. The number of aryl methyl sites for hydroxylation is 1. The Bertz CT molecular complexity index is 1180. The van der Waals surface area contributed by atoms with Gasteiger partial charge < -0.3 is 14.6 Å². The second kappa shape index (κ2) is 8.57. The lowest BCUT2D eigenvalue weighted by atomic mass is 9.77. The van der Waals surface area contributed by atoms with Gasteiger partial charge in [0, 0.05) is 36.1 Å². The number of phenols is 1. The lowest BCUT2D eigenvalue weighted by molar-refractivity contribution is -0.384. The van der Waals surface area contributed by atoms with Crippen molar-refractivity contribution in [3.63, 3.8) is 0 Å². The number of ketones is 1. The van der Waals surface area contributed by atoms with E-state index in [4.69, 9.17) is 9.47 Å². The summed E-state index contributed by atoms with van der Waals surface area (Å²) in [4.78, 5) is 39.1. The molecule has 1 unspecified atom stereocenters. The molecule has 1 aliphatic heterocycles. The largest absolute Gasteiger partial charge is 0.502 e. The fourth-order valence-corrected chi connectivity index (χ4v) is 4.64. The number of nitro benzene ring substituents is 1. The molecule has 9 nitrogen and oxygen atoms in total. The van der Waals surface area contributed by atoms with Crippen molar-refractivity contribution in [2.75, 3.05) is 19.1 Å². The first kappa shape index (κ1) is 22.3. The maximum absolute atomic E-state index is 13.4. The minimum absolute atomic E-state index is 0.0628.